The summed E-state index contributed by atoms with van der Waals surface area (Å²) in [6.45, 7) is 0. The minimum Gasteiger partial charge on any atom is -0.465 e. The lowest BCUT2D eigenvalue weighted by Crippen LogP contribution is -2.04. The van der Waals surface area contributed by atoms with Gasteiger partial charge in [-0.3, -0.25) is 0 Å². The maximum Gasteiger partial charge on any atom is 0.340 e. The van der Waals surface area contributed by atoms with Gasteiger partial charge in [0.1, 0.15) is 5.76 Å². The van der Waals surface area contributed by atoms with E-state index in [4.69, 9.17) is 20.8 Å². The van der Waals surface area contributed by atoms with Gasteiger partial charge in [-0.25, -0.2) is 4.79 Å². The smallest absolute Gasteiger partial charge is 0.340 e. The minimum atomic E-state index is -0.475. The van der Waals surface area contributed by atoms with Crippen molar-refractivity contribution in [2.45, 2.75) is 0 Å². The monoisotopic (exact) mass is 236 g/mol. The van der Waals surface area contributed by atoms with Crippen LogP contribution < -0.4 is 0 Å². The van der Waals surface area contributed by atoms with Gasteiger partial charge in [0, 0.05) is 5.56 Å². The number of rotatable bonds is 2. The van der Waals surface area contributed by atoms with Crippen LogP contribution >= 0.6 is 11.6 Å². The zero-order valence-corrected chi connectivity index (χ0v) is 9.32. The number of benzene rings is 1. The van der Waals surface area contributed by atoms with Crippen molar-refractivity contribution in [3.63, 3.8) is 0 Å². The lowest BCUT2D eigenvalue weighted by atomic mass is 10.1. The first-order chi connectivity index (χ1) is 7.74. The van der Waals surface area contributed by atoms with Crippen LogP contribution in [-0.4, -0.2) is 13.1 Å². The van der Waals surface area contributed by atoms with Crippen LogP contribution in [0.4, 0.5) is 0 Å². The van der Waals surface area contributed by atoms with Crippen LogP contribution in [0.25, 0.3) is 11.3 Å². The van der Waals surface area contributed by atoms with Crippen LogP contribution in [0.1, 0.15) is 10.4 Å². The first-order valence-corrected chi connectivity index (χ1v) is 5.02. The summed E-state index contributed by atoms with van der Waals surface area (Å²) in [5.74, 6) is 0.111. The van der Waals surface area contributed by atoms with Gasteiger partial charge in [-0.2, -0.15) is 0 Å². The normalized spacial score (nSPS) is 10.1. The number of carbonyl (C=O) groups excluding carboxylic acids is 1. The highest BCUT2D eigenvalue weighted by atomic mass is 35.5. The number of furan rings is 1. The van der Waals surface area contributed by atoms with E-state index in [2.05, 4.69) is 0 Å². The van der Waals surface area contributed by atoms with Crippen molar-refractivity contribution in [3.8, 4) is 11.3 Å². The van der Waals surface area contributed by atoms with Crippen molar-refractivity contribution in [2.75, 3.05) is 7.11 Å². The quantitative estimate of drug-likeness (QED) is 0.751. The third-order valence-corrected chi connectivity index (χ3v) is 2.50. The number of ether oxygens (including phenoxy) is 1. The molecule has 0 saturated carbocycles. The summed E-state index contributed by atoms with van der Waals surface area (Å²) < 4.78 is 9.93. The Morgan fingerprint density at radius 3 is 2.75 bits per heavy atom. The Morgan fingerprint density at radius 2 is 2.12 bits per heavy atom. The molecule has 0 radical (unpaired) electrons. The zero-order valence-electron chi connectivity index (χ0n) is 8.57. The van der Waals surface area contributed by atoms with E-state index in [9.17, 15) is 4.79 Å². The van der Waals surface area contributed by atoms with Crippen LogP contribution in [0, 0.1) is 0 Å². The Bertz CT molecular complexity index is 503. The molecule has 0 N–H and O–H groups in total. The van der Waals surface area contributed by atoms with E-state index in [0.717, 1.165) is 0 Å². The highest BCUT2D eigenvalue weighted by Crippen LogP contribution is 2.29. The van der Waals surface area contributed by atoms with Crippen molar-refractivity contribution in [1.82, 2.24) is 0 Å². The van der Waals surface area contributed by atoms with Crippen molar-refractivity contribution in [3.05, 3.63) is 47.2 Å². The van der Waals surface area contributed by atoms with Gasteiger partial charge in [-0.15, -0.1) is 0 Å². The highest BCUT2D eigenvalue weighted by Gasteiger charge is 2.18. The predicted molar refractivity (Wildman–Crippen MR) is 60.5 cm³/mol. The molecular weight excluding hydrogens is 228 g/mol. The molecule has 0 aliphatic heterocycles. The number of carbonyl (C=O) groups is 1. The van der Waals surface area contributed by atoms with Crippen LogP contribution in [0.3, 0.4) is 0 Å². The summed E-state index contributed by atoms with van der Waals surface area (Å²) in [6.07, 6.45) is 1.54. The second kappa shape index (κ2) is 4.41. The largest absolute Gasteiger partial charge is 0.465 e. The summed E-state index contributed by atoms with van der Waals surface area (Å²) in [5.41, 5.74) is 0.950. The lowest BCUT2D eigenvalue weighted by molar-refractivity contribution is 0.0601. The molecule has 82 valence electrons. The van der Waals surface area contributed by atoms with Crippen LogP contribution in [-0.2, 0) is 4.74 Å². The number of methoxy groups -OCH3 is 1. The predicted octanol–water partition coefficient (Wildman–Crippen LogP) is 3.39. The van der Waals surface area contributed by atoms with Gasteiger partial charge in [0.05, 0.1) is 24.0 Å². The Kier molecular flexibility index (Phi) is 2.97. The number of esters is 1. The Balaban J connectivity index is 2.62. The van der Waals surface area contributed by atoms with Gasteiger partial charge in [0.15, 0.2) is 0 Å². The molecule has 3 nitrogen and oxygen atoms in total. The standard InChI is InChI=1S/C12H9ClO3/c1-15-12(14)11-8(4-2-5-9(11)13)10-6-3-7-16-10/h2-7H,1H3. The van der Waals surface area contributed by atoms with Gasteiger partial charge >= 0.3 is 5.97 Å². The zero-order chi connectivity index (χ0) is 11.5. The molecule has 0 atom stereocenters. The maximum absolute atomic E-state index is 11.6. The Hall–Kier alpha value is -1.74. The SMILES string of the molecule is COC(=O)c1c(Cl)cccc1-c1ccco1. The van der Waals surface area contributed by atoms with Crippen LogP contribution in [0.15, 0.2) is 41.0 Å². The van der Waals surface area contributed by atoms with E-state index in [1.54, 1.807) is 30.3 Å². The molecule has 0 fully saturated rings. The van der Waals surface area contributed by atoms with Gasteiger partial charge in [0.25, 0.3) is 0 Å². The molecule has 0 saturated heterocycles. The molecule has 0 amide bonds. The maximum atomic E-state index is 11.6. The summed E-state index contributed by atoms with van der Waals surface area (Å²) >= 11 is 5.98. The van der Waals surface area contributed by atoms with E-state index in [0.29, 0.717) is 21.9 Å². The molecule has 1 heterocycles. The van der Waals surface area contributed by atoms with Crippen LogP contribution in [0.2, 0.25) is 5.02 Å². The first kappa shape index (κ1) is 10.8. The second-order valence-electron chi connectivity index (χ2n) is 3.13. The van der Waals surface area contributed by atoms with Crippen LogP contribution in [0.5, 0.6) is 0 Å². The van der Waals surface area contributed by atoms with Crippen molar-refractivity contribution >= 4 is 17.6 Å². The topological polar surface area (TPSA) is 39.4 Å². The minimum absolute atomic E-state index is 0.321. The first-order valence-electron chi connectivity index (χ1n) is 4.64. The molecule has 0 bridgehead atoms. The Morgan fingerprint density at radius 1 is 1.31 bits per heavy atom. The van der Waals surface area contributed by atoms with E-state index < -0.39 is 5.97 Å². The molecular formula is C12H9ClO3. The number of hydrogen-bond acceptors (Lipinski definition) is 3. The van der Waals surface area contributed by atoms with Gasteiger partial charge in [-0.1, -0.05) is 23.7 Å². The molecule has 0 aliphatic rings. The van der Waals surface area contributed by atoms with Crippen molar-refractivity contribution < 1.29 is 13.9 Å². The van der Waals surface area contributed by atoms with E-state index in [1.165, 1.54) is 13.4 Å². The average Bonchev–Trinajstić information content (AvgIpc) is 2.81. The second-order valence-corrected chi connectivity index (χ2v) is 3.54. The fourth-order valence-corrected chi connectivity index (χ4v) is 1.72. The highest BCUT2D eigenvalue weighted by molar-refractivity contribution is 6.34. The van der Waals surface area contributed by atoms with E-state index >= 15 is 0 Å². The summed E-state index contributed by atoms with van der Waals surface area (Å²) in [4.78, 5) is 11.6. The van der Waals surface area contributed by atoms with Gasteiger partial charge in [0.2, 0.25) is 0 Å². The molecule has 0 unspecified atom stereocenters. The van der Waals surface area contributed by atoms with Gasteiger partial charge < -0.3 is 9.15 Å². The lowest BCUT2D eigenvalue weighted by Gasteiger charge is -2.07. The summed E-state index contributed by atoms with van der Waals surface area (Å²) in [6, 6.07) is 8.67. The van der Waals surface area contributed by atoms with Crippen molar-refractivity contribution in [1.29, 1.82) is 0 Å². The fraction of sp³-hybridized carbons (Fsp3) is 0.0833. The third kappa shape index (κ3) is 1.82. The van der Waals surface area contributed by atoms with E-state index in [1.807, 2.05) is 0 Å². The summed E-state index contributed by atoms with van der Waals surface area (Å²) in [5, 5.41) is 0.348. The van der Waals surface area contributed by atoms with E-state index in [-0.39, 0.29) is 0 Å². The molecule has 0 spiro atoms. The molecule has 16 heavy (non-hydrogen) atoms. The molecule has 1 aromatic heterocycles. The number of halogens is 1. The molecule has 2 rings (SSSR count). The number of hydrogen-bond donors (Lipinski definition) is 0. The third-order valence-electron chi connectivity index (χ3n) is 2.19. The van der Waals surface area contributed by atoms with Crippen molar-refractivity contribution in [2.24, 2.45) is 0 Å². The molecule has 2 aromatic rings. The molecule has 0 aliphatic carbocycles. The molecule has 1 aromatic carbocycles. The van der Waals surface area contributed by atoms with Gasteiger partial charge in [-0.05, 0) is 18.2 Å². The Labute approximate surface area is 97.6 Å². The average molecular weight is 237 g/mol. The molecule has 4 heteroatoms. The fourth-order valence-electron chi connectivity index (χ4n) is 1.47. The summed E-state index contributed by atoms with van der Waals surface area (Å²) in [7, 11) is 1.32.